The highest BCUT2D eigenvalue weighted by atomic mass is 32.2. The van der Waals surface area contributed by atoms with E-state index in [4.69, 9.17) is 0 Å². The SMILES string of the molecule is Cc1c(C(C)NC(=O)C(C)SCc2ccccc2)cnn1-c1ccc(F)cc1. The minimum absolute atomic E-state index is 0.00219. The molecule has 1 aromatic heterocycles. The fourth-order valence-electron chi connectivity index (χ4n) is 2.97. The van der Waals surface area contributed by atoms with E-state index in [0.717, 1.165) is 22.7 Å². The van der Waals surface area contributed by atoms with Crippen LogP contribution in [0.2, 0.25) is 0 Å². The van der Waals surface area contributed by atoms with E-state index in [0.29, 0.717) is 0 Å². The van der Waals surface area contributed by atoms with Gasteiger partial charge in [0.05, 0.1) is 23.2 Å². The summed E-state index contributed by atoms with van der Waals surface area (Å²) in [5.74, 6) is 0.518. The Hall–Kier alpha value is -2.60. The predicted octanol–water partition coefficient (Wildman–Crippen LogP) is 4.82. The third-order valence-corrected chi connectivity index (χ3v) is 5.87. The van der Waals surface area contributed by atoms with Crippen molar-refractivity contribution in [3.8, 4) is 5.69 Å². The first kappa shape index (κ1) is 20.1. The van der Waals surface area contributed by atoms with Crippen LogP contribution in [0.25, 0.3) is 5.69 Å². The Morgan fingerprint density at radius 3 is 2.50 bits per heavy atom. The van der Waals surface area contributed by atoms with Crippen LogP contribution in [-0.4, -0.2) is 20.9 Å². The third-order valence-electron chi connectivity index (χ3n) is 4.66. The first-order valence-electron chi connectivity index (χ1n) is 9.22. The van der Waals surface area contributed by atoms with Crippen molar-refractivity contribution in [2.45, 2.75) is 37.8 Å². The number of nitrogens with zero attached hydrogens (tertiary/aromatic N) is 2. The molecule has 146 valence electrons. The highest BCUT2D eigenvalue weighted by molar-refractivity contribution is 7.99. The maximum absolute atomic E-state index is 13.1. The minimum atomic E-state index is -0.281. The largest absolute Gasteiger partial charge is 0.349 e. The first-order chi connectivity index (χ1) is 13.5. The van der Waals surface area contributed by atoms with Gasteiger partial charge in [-0.1, -0.05) is 30.3 Å². The monoisotopic (exact) mass is 397 g/mol. The lowest BCUT2D eigenvalue weighted by atomic mass is 10.1. The van der Waals surface area contributed by atoms with Crippen LogP contribution in [-0.2, 0) is 10.5 Å². The average Bonchev–Trinajstić information content (AvgIpc) is 3.09. The van der Waals surface area contributed by atoms with Gasteiger partial charge in [-0.15, -0.1) is 11.8 Å². The third kappa shape index (κ3) is 4.81. The van der Waals surface area contributed by atoms with Gasteiger partial charge in [0.2, 0.25) is 5.91 Å². The molecule has 1 heterocycles. The summed E-state index contributed by atoms with van der Waals surface area (Å²) >= 11 is 1.61. The summed E-state index contributed by atoms with van der Waals surface area (Å²) in [4.78, 5) is 12.6. The number of carbonyl (C=O) groups excluding carboxylic acids is 1. The van der Waals surface area contributed by atoms with E-state index in [1.54, 1.807) is 34.8 Å². The van der Waals surface area contributed by atoms with Crippen LogP contribution in [0.5, 0.6) is 0 Å². The lowest BCUT2D eigenvalue weighted by Gasteiger charge is -2.17. The van der Waals surface area contributed by atoms with Gasteiger partial charge in [-0.2, -0.15) is 5.10 Å². The molecule has 0 fully saturated rings. The van der Waals surface area contributed by atoms with Crippen molar-refractivity contribution in [1.29, 1.82) is 0 Å². The molecule has 0 saturated carbocycles. The number of thioether (sulfide) groups is 1. The second kappa shape index (κ2) is 9.06. The lowest BCUT2D eigenvalue weighted by Crippen LogP contribution is -2.33. The lowest BCUT2D eigenvalue weighted by molar-refractivity contribution is -0.120. The molecule has 2 atom stereocenters. The van der Waals surface area contributed by atoms with Gasteiger partial charge in [-0.05, 0) is 50.6 Å². The molecule has 0 bridgehead atoms. The number of rotatable bonds is 7. The zero-order valence-corrected chi connectivity index (χ0v) is 17.0. The highest BCUT2D eigenvalue weighted by Crippen LogP contribution is 2.22. The quantitative estimate of drug-likeness (QED) is 0.622. The van der Waals surface area contributed by atoms with Gasteiger partial charge < -0.3 is 5.32 Å². The molecule has 6 heteroatoms. The Labute approximate surface area is 169 Å². The number of hydrogen-bond donors (Lipinski definition) is 1. The number of nitrogens with one attached hydrogen (secondary N) is 1. The fourth-order valence-corrected chi connectivity index (χ4v) is 3.82. The number of benzene rings is 2. The van der Waals surface area contributed by atoms with Gasteiger partial charge in [0, 0.05) is 17.0 Å². The summed E-state index contributed by atoms with van der Waals surface area (Å²) in [7, 11) is 0. The van der Waals surface area contributed by atoms with Crippen LogP contribution in [0.1, 0.15) is 36.7 Å². The Bertz CT molecular complexity index is 925. The molecule has 1 N–H and O–H groups in total. The minimum Gasteiger partial charge on any atom is -0.349 e. The second-order valence-corrected chi connectivity index (χ2v) is 8.07. The normalized spacial score (nSPS) is 13.1. The van der Waals surface area contributed by atoms with Crippen molar-refractivity contribution in [3.05, 3.63) is 83.4 Å². The predicted molar refractivity (Wildman–Crippen MR) is 112 cm³/mol. The van der Waals surface area contributed by atoms with E-state index in [-0.39, 0.29) is 23.0 Å². The number of hydrogen-bond acceptors (Lipinski definition) is 3. The van der Waals surface area contributed by atoms with Crippen molar-refractivity contribution in [2.75, 3.05) is 0 Å². The summed E-state index contributed by atoms with van der Waals surface area (Å²) in [5.41, 5.74) is 3.86. The molecule has 4 nitrogen and oxygen atoms in total. The summed E-state index contributed by atoms with van der Waals surface area (Å²) in [6.45, 7) is 5.82. The molecule has 1 amide bonds. The fraction of sp³-hybridized carbons (Fsp3) is 0.273. The zero-order chi connectivity index (χ0) is 20.1. The Morgan fingerprint density at radius 2 is 1.82 bits per heavy atom. The maximum Gasteiger partial charge on any atom is 0.233 e. The molecule has 0 radical (unpaired) electrons. The van der Waals surface area contributed by atoms with E-state index in [2.05, 4.69) is 22.5 Å². The first-order valence-corrected chi connectivity index (χ1v) is 10.3. The molecule has 3 aromatic rings. The van der Waals surface area contributed by atoms with Crippen LogP contribution in [0, 0.1) is 12.7 Å². The highest BCUT2D eigenvalue weighted by Gasteiger charge is 2.20. The molecule has 3 rings (SSSR count). The van der Waals surface area contributed by atoms with E-state index < -0.39 is 0 Å². The molecular formula is C22H24FN3OS. The van der Waals surface area contributed by atoms with Crippen LogP contribution in [0.4, 0.5) is 4.39 Å². The van der Waals surface area contributed by atoms with Gasteiger partial charge in [-0.25, -0.2) is 9.07 Å². The standard InChI is InChI=1S/C22H24FN3OS/c1-15(25-22(27)17(3)28-14-18-7-5-4-6-8-18)21-13-24-26(16(21)2)20-11-9-19(23)10-12-20/h4-13,15,17H,14H2,1-3H3,(H,25,27). The molecule has 0 aliphatic rings. The molecule has 2 unspecified atom stereocenters. The Morgan fingerprint density at radius 1 is 1.14 bits per heavy atom. The molecule has 0 aliphatic heterocycles. The topological polar surface area (TPSA) is 46.9 Å². The zero-order valence-electron chi connectivity index (χ0n) is 16.2. The van der Waals surface area contributed by atoms with Crippen molar-refractivity contribution in [1.82, 2.24) is 15.1 Å². The Kier molecular flexibility index (Phi) is 6.52. The second-order valence-electron chi connectivity index (χ2n) is 6.74. The Balaban J connectivity index is 1.61. The number of amides is 1. The van der Waals surface area contributed by atoms with Crippen molar-refractivity contribution in [3.63, 3.8) is 0 Å². The number of halogens is 1. The van der Waals surface area contributed by atoms with Crippen LogP contribution >= 0.6 is 11.8 Å². The van der Waals surface area contributed by atoms with Gasteiger partial charge in [-0.3, -0.25) is 4.79 Å². The van der Waals surface area contributed by atoms with Crippen molar-refractivity contribution in [2.24, 2.45) is 0 Å². The number of carbonyl (C=O) groups is 1. The summed E-state index contributed by atoms with van der Waals surface area (Å²) in [6, 6.07) is 16.1. The van der Waals surface area contributed by atoms with E-state index in [1.165, 1.54) is 17.7 Å². The van der Waals surface area contributed by atoms with E-state index in [1.807, 2.05) is 39.0 Å². The molecule has 2 aromatic carbocycles. The van der Waals surface area contributed by atoms with Crippen molar-refractivity contribution < 1.29 is 9.18 Å². The molecule has 0 saturated heterocycles. The smallest absolute Gasteiger partial charge is 0.233 e. The van der Waals surface area contributed by atoms with Crippen LogP contribution < -0.4 is 5.32 Å². The molecule has 0 spiro atoms. The average molecular weight is 398 g/mol. The van der Waals surface area contributed by atoms with Gasteiger partial charge >= 0.3 is 0 Å². The summed E-state index contributed by atoms with van der Waals surface area (Å²) in [5, 5.41) is 7.32. The number of aromatic nitrogens is 2. The molecule has 0 aliphatic carbocycles. The van der Waals surface area contributed by atoms with Gasteiger partial charge in [0.1, 0.15) is 5.82 Å². The van der Waals surface area contributed by atoms with E-state index >= 15 is 0 Å². The van der Waals surface area contributed by atoms with Gasteiger partial charge in [0.25, 0.3) is 0 Å². The summed E-state index contributed by atoms with van der Waals surface area (Å²) in [6.07, 6.45) is 1.76. The molecular weight excluding hydrogens is 373 g/mol. The van der Waals surface area contributed by atoms with E-state index in [9.17, 15) is 9.18 Å². The maximum atomic E-state index is 13.1. The molecule has 28 heavy (non-hydrogen) atoms. The van der Waals surface area contributed by atoms with Crippen LogP contribution in [0.3, 0.4) is 0 Å². The van der Waals surface area contributed by atoms with Crippen LogP contribution in [0.15, 0.2) is 60.8 Å². The van der Waals surface area contributed by atoms with Gasteiger partial charge in [0.15, 0.2) is 0 Å². The van der Waals surface area contributed by atoms with Crippen molar-refractivity contribution >= 4 is 17.7 Å². The summed E-state index contributed by atoms with van der Waals surface area (Å²) < 4.78 is 14.9.